The van der Waals surface area contributed by atoms with Crippen molar-refractivity contribution in [1.82, 2.24) is 14.5 Å². The van der Waals surface area contributed by atoms with Gasteiger partial charge in [0.1, 0.15) is 5.25 Å². The number of thioether (sulfide) groups is 1. The summed E-state index contributed by atoms with van der Waals surface area (Å²) in [5.74, 6) is 0.0127. The first-order chi connectivity index (χ1) is 14.1. The third kappa shape index (κ3) is 4.43. The molecule has 1 atom stereocenters. The van der Waals surface area contributed by atoms with Crippen LogP contribution in [0.3, 0.4) is 0 Å². The van der Waals surface area contributed by atoms with Crippen LogP contribution in [-0.4, -0.2) is 33.4 Å². The molecule has 0 aliphatic carbocycles. The summed E-state index contributed by atoms with van der Waals surface area (Å²) in [5.41, 5.74) is 1.39. The van der Waals surface area contributed by atoms with E-state index in [1.165, 1.54) is 11.8 Å². The van der Waals surface area contributed by atoms with E-state index in [1.54, 1.807) is 16.7 Å². The van der Waals surface area contributed by atoms with Crippen molar-refractivity contribution in [3.63, 3.8) is 0 Å². The van der Waals surface area contributed by atoms with E-state index in [0.717, 1.165) is 5.56 Å². The molecule has 0 aliphatic heterocycles. The summed E-state index contributed by atoms with van der Waals surface area (Å²) in [5, 5.41) is 0.591. The molecule has 0 N–H and O–H groups in total. The number of aromatic nitrogens is 2. The van der Waals surface area contributed by atoms with Gasteiger partial charge in [0, 0.05) is 19.6 Å². The normalized spacial score (nSPS) is 11.9. The van der Waals surface area contributed by atoms with Gasteiger partial charge < -0.3 is 4.90 Å². The second-order valence-corrected chi connectivity index (χ2v) is 7.61. The largest absolute Gasteiger partial charge is 0.342 e. The van der Waals surface area contributed by atoms with Crippen LogP contribution in [0.25, 0.3) is 10.9 Å². The first-order valence-corrected chi connectivity index (χ1v) is 10.6. The topological polar surface area (TPSA) is 55.2 Å². The maximum atomic E-state index is 13.3. The molecule has 0 fully saturated rings. The number of carbonyl (C=O) groups excluding carboxylic acids is 1. The number of hydrogen-bond acceptors (Lipinski definition) is 4. The summed E-state index contributed by atoms with van der Waals surface area (Å²) in [6.07, 6.45) is 1.67. The van der Waals surface area contributed by atoms with Crippen molar-refractivity contribution in [3.8, 4) is 0 Å². The molecule has 0 radical (unpaired) electrons. The van der Waals surface area contributed by atoms with Gasteiger partial charge >= 0.3 is 0 Å². The van der Waals surface area contributed by atoms with Crippen LogP contribution in [0.5, 0.6) is 0 Å². The Labute approximate surface area is 175 Å². The molecule has 6 heteroatoms. The summed E-state index contributed by atoms with van der Waals surface area (Å²) in [4.78, 5) is 32.9. The molecule has 1 heterocycles. The van der Waals surface area contributed by atoms with E-state index in [0.29, 0.717) is 35.7 Å². The molecular weight excluding hydrogens is 382 g/mol. The predicted octanol–water partition coefficient (Wildman–Crippen LogP) is 4.28. The third-order valence-corrected chi connectivity index (χ3v) is 6.00. The molecule has 1 amide bonds. The molecule has 3 rings (SSSR count). The molecule has 2 aromatic carbocycles. The van der Waals surface area contributed by atoms with Gasteiger partial charge in [-0.05, 0) is 31.5 Å². The molecule has 0 bridgehead atoms. The fraction of sp³-hybridized carbons (Fsp3) is 0.261. The number of hydrogen-bond donors (Lipinski definition) is 0. The first kappa shape index (κ1) is 20.9. The molecule has 29 heavy (non-hydrogen) atoms. The van der Waals surface area contributed by atoms with E-state index in [4.69, 9.17) is 4.98 Å². The molecule has 0 aliphatic rings. The van der Waals surface area contributed by atoms with Gasteiger partial charge in [0.05, 0.1) is 10.9 Å². The minimum atomic E-state index is -0.486. The van der Waals surface area contributed by atoms with Gasteiger partial charge in [0.25, 0.3) is 5.56 Å². The molecule has 0 spiro atoms. The number of benzene rings is 2. The molecule has 5 nitrogen and oxygen atoms in total. The molecule has 0 saturated heterocycles. The first-order valence-electron chi connectivity index (χ1n) is 9.71. The van der Waals surface area contributed by atoms with E-state index in [9.17, 15) is 9.59 Å². The summed E-state index contributed by atoms with van der Waals surface area (Å²) in [7, 11) is 0. The van der Waals surface area contributed by atoms with Gasteiger partial charge in [-0.2, -0.15) is 0 Å². The second-order valence-electron chi connectivity index (χ2n) is 6.54. The van der Waals surface area contributed by atoms with Gasteiger partial charge in [-0.1, -0.05) is 60.3 Å². The van der Waals surface area contributed by atoms with Crippen LogP contribution in [0, 0.1) is 0 Å². The van der Waals surface area contributed by atoms with Crippen LogP contribution in [0.15, 0.2) is 77.2 Å². The minimum absolute atomic E-state index is 0.0127. The van der Waals surface area contributed by atoms with Gasteiger partial charge in [-0.25, -0.2) is 4.98 Å². The van der Waals surface area contributed by atoms with Crippen LogP contribution >= 0.6 is 11.8 Å². The Morgan fingerprint density at radius 1 is 1.14 bits per heavy atom. The Bertz CT molecular complexity index is 1060. The molecule has 3 aromatic rings. The maximum absolute atomic E-state index is 13.3. The van der Waals surface area contributed by atoms with Crippen LogP contribution < -0.4 is 5.56 Å². The zero-order valence-corrected chi connectivity index (χ0v) is 17.6. The van der Waals surface area contributed by atoms with Gasteiger partial charge in [-0.15, -0.1) is 6.58 Å². The third-order valence-electron chi connectivity index (χ3n) is 4.76. The quantitative estimate of drug-likeness (QED) is 0.318. The van der Waals surface area contributed by atoms with Crippen molar-refractivity contribution in [1.29, 1.82) is 0 Å². The Balaban J connectivity index is 2.13. The molecule has 1 unspecified atom stereocenters. The van der Waals surface area contributed by atoms with Crippen LogP contribution in [0.4, 0.5) is 0 Å². The number of fused-ring (bicyclic) bond motifs is 1. The van der Waals surface area contributed by atoms with Gasteiger partial charge in [0.15, 0.2) is 5.16 Å². The highest BCUT2D eigenvalue weighted by Gasteiger charge is 2.27. The van der Waals surface area contributed by atoms with Crippen LogP contribution in [0.2, 0.25) is 0 Å². The minimum Gasteiger partial charge on any atom is -0.342 e. The molecule has 0 saturated carbocycles. The fourth-order valence-corrected chi connectivity index (χ4v) is 4.41. The van der Waals surface area contributed by atoms with Crippen molar-refractivity contribution >= 4 is 28.6 Å². The zero-order valence-electron chi connectivity index (χ0n) is 16.7. The number of nitrogens with zero attached hydrogens (tertiary/aromatic N) is 3. The highest BCUT2D eigenvalue weighted by atomic mass is 32.2. The molecule has 1 aromatic heterocycles. The SMILES string of the molecule is C=CCn1c(SC(C(=O)N(CC)CC)c2ccccc2)nc2ccccc2c1=O. The number of amides is 1. The average Bonchev–Trinajstić information content (AvgIpc) is 2.76. The van der Waals surface area contributed by atoms with E-state index in [-0.39, 0.29) is 11.5 Å². The monoisotopic (exact) mass is 407 g/mol. The number of carbonyl (C=O) groups is 1. The number of likely N-dealkylation sites (N-methyl/N-ethyl adjacent to an activating group) is 1. The van der Waals surface area contributed by atoms with Crippen molar-refractivity contribution in [2.45, 2.75) is 30.8 Å². The molecule has 150 valence electrons. The van der Waals surface area contributed by atoms with Crippen molar-refractivity contribution in [3.05, 3.63) is 83.2 Å². The summed E-state index contributed by atoms with van der Waals surface area (Å²) in [6.45, 7) is 9.30. The second kappa shape index (κ2) is 9.56. The highest BCUT2D eigenvalue weighted by Crippen LogP contribution is 2.36. The Hall–Kier alpha value is -2.86. The van der Waals surface area contributed by atoms with Crippen molar-refractivity contribution < 1.29 is 4.79 Å². The van der Waals surface area contributed by atoms with Gasteiger partial charge in [-0.3, -0.25) is 14.2 Å². The number of para-hydroxylation sites is 1. The van der Waals surface area contributed by atoms with E-state index < -0.39 is 5.25 Å². The summed E-state index contributed by atoms with van der Waals surface area (Å²) in [6, 6.07) is 16.9. The Morgan fingerprint density at radius 3 is 2.45 bits per heavy atom. The summed E-state index contributed by atoms with van der Waals surface area (Å²) >= 11 is 1.32. The van der Waals surface area contributed by atoms with Crippen LogP contribution in [-0.2, 0) is 11.3 Å². The smallest absolute Gasteiger partial charge is 0.262 e. The van der Waals surface area contributed by atoms with Crippen molar-refractivity contribution in [2.75, 3.05) is 13.1 Å². The van der Waals surface area contributed by atoms with Crippen LogP contribution in [0.1, 0.15) is 24.7 Å². The lowest BCUT2D eigenvalue weighted by molar-refractivity contribution is -0.130. The Morgan fingerprint density at radius 2 is 1.79 bits per heavy atom. The van der Waals surface area contributed by atoms with Crippen molar-refractivity contribution in [2.24, 2.45) is 0 Å². The van der Waals surface area contributed by atoms with E-state index >= 15 is 0 Å². The summed E-state index contributed by atoms with van der Waals surface area (Å²) < 4.78 is 1.59. The van der Waals surface area contributed by atoms with E-state index in [1.807, 2.05) is 67.3 Å². The predicted molar refractivity (Wildman–Crippen MR) is 119 cm³/mol. The molecular formula is C23H25N3O2S. The highest BCUT2D eigenvalue weighted by molar-refractivity contribution is 8.00. The lowest BCUT2D eigenvalue weighted by Gasteiger charge is -2.25. The lowest BCUT2D eigenvalue weighted by atomic mass is 10.1. The average molecular weight is 408 g/mol. The zero-order chi connectivity index (χ0) is 20.8. The fourth-order valence-electron chi connectivity index (χ4n) is 3.22. The number of allylic oxidation sites excluding steroid dienone is 1. The van der Waals surface area contributed by atoms with E-state index in [2.05, 4.69) is 6.58 Å². The number of rotatable bonds is 8. The standard InChI is InChI=1S/C23H25N3O2S/c1-4-16-26-21(27)18-14-10-11-15-19(18)24-23(26)29-20(17-12-8-7-9-13-17)22(28)25(5-2)6-3/h4,7-15,20H,1,5-6,16H2,2-3H3. The maximum Gasteiger partial charge on any atom is 0.262 e. The van der Waals surface area contributed by atoms with Gasteiger partial charge in [0.2, 0.25) is 5.91 Å². The Kier molecular flexibility index (Phi) is 6.88. The lowest BCUT2D eigenvalue weighted by Crippen LogP contribution is -2.34.